The van der Waals surface area contributed by atoms with Crippen molar-refractivity contribution in [1.29, 1.82) is 0 Å². The molecule has 0 aliphatic heterocycles. The van der Waals surface area contributed by atoms with Crippen LogP contribution in [0.2, 0.25) is 0 Å². The molecule has 35 heavy (non-hydrogen) atoms. The molecule has 8 nitrogen and oxygen atoms in total. The molecular formula is C26H29NO7S. The largest absolute Gasteiger partial charge is 0.504 e. The Kier molecular flexibility index (Phi) is 9.63. The van der Waals surface area contributed by atoms with Crippen LogP contribution < -0.4 is 10.1 Å². The molecule has 0 heterocycles. The normalized spacial score (nSPS) is 12.5. The third-order valence-electron chi connectivity index (χ3n) is 5.30. The molecule has 3 rings (SSSR count). The van der Waals surface area contributed by atoms with Crippen molar-refractivity contribution in [2.45, 2.75) is 25.6 Å². The fourth-order valence-electron chi connectivity index (χ4n) is 3.70. The summed E-state index contributed by atoms with van der Waals surface area (Å²) in [5.41, 5.74) is 1.09. The Morgan fingerprint density at radius 2 is 1.86 bits per heavy atom. The number of hydrogen-bond donors (Lipinski definition) is 3. The van der Waals surface area contributed by atoms with E-state index < -0.39 is 24.3 Å². The van der Waals surface area contributed by atoms with Crippen LogP contribution in [0.1, 0.15) is 25.0 Å². The molecule has 0 fully saturated rings. The van der Waals surface area contributed by atoms with Gasteiger partial charge in [0.25, 0.3) is 0 Å². The molecule has 3 aromatic carbocycles. The second kappa shape index (κ2) is 12.9. The maximum Gasteiger partial charge on any atom is 0.412 e. The Morgan fingerprint density at radius 3 is 2.57 bits per heavy atom. The summed E-state index contributed by atoms with van der Waals surface area (Å²) in [6.07, 6.45) is -2.00. The number of methoxy groups -OCH3 is 1. The molecule has 0 saturated carbocycles. The van der Waals surface area contributed by atoms with Crippen LogP contribution in [0.25, 0.3) is 10.8 Å². The molecule has 3 aromatic rings. The number of esters is 1. The number of phenolic OH excluding ortho intramolecular Hbond substituents is 1. The number of benzene rings is 3. The molecule has 0 aromatic heterocycles. The lowest BCUT2D eigenvalue weighted by Crippen LogP contribution is -2.30. The van der Waals surface area contributed by atoms with E-state index in [9.17, 15) is 14.7 Å². The summed E-state index contributed by atoms with van der Waals surface area (Å²) in [5, 5.41) is 15.0. The monoisotopic (exact) mass is 499 g/mol. The van der Waals surface area contributed by atoms with Crippen LogP contribution in [0.3, 0.4) is 0 Å². The predicted octanol–water partition coefficient (Wildman–Crippen LogP) is 5.11. The van der Waals surface area contributed by atoms with Crippen molar-refractivity contribution in [1.82, 2.24) is 0 Å². The van der Waals surface area contributed by atoms with Crippen LogP contribution >= 0.6 is 12.6 Å². The van der Waals surface area contributed by atoms with Gasteiger partial charge in [-0.05, 0) is 36.1 Å². The van der Waals surface area contributed by atoms with E-state index in [1.165, 1.54) is 13.2 Å². The molecular weight excluding hydrogens is 470 g/mol. The highest BCUT2D eigenvalue weighted by Crippen LogP contribution is 2.34. The SMILES string of the molecule is CCO[C@@H](CCOC(=O)CS)[C@@H](OC(=O)Nc1cccc2ccccc12)c1ccc(OC)c(O)c1. The van der Waals surface area contributed by atoms with Gasteiger partial charge >= 0.3 is 12.1 Å². The maximum absolute atomic E-state index is 13.0. The lowest BCUT2D eigenvalue weighted by Gasteiger charge is -2.27. The molecule has 0 saturated heterocycles. The predicted molar refractivity (Wildman–Crippen MR) is 136 cm³/mol. The first-order valence-electron chi connectivity index (χ1n) is 11.2. The zero-order chi connectivity index (χ0) is 25.2. The number of phenols is 1. The standard InChI is InChI=1S/C26H29NO7S/c1-3-32-23(13-14-33-24(29)16-35)25(18-11-12-22(31-2)21(28)15-18)34-26(30)27-20-10-6-8-17-7-4-5-9-19(17)20/h4-12,15,23,25,28,35H,3,13-14,16H2,1-2H3,(H,27,30)/t23-,25-/m0/s1. The first kappa shape index (κ1) is 26.2. The summed E-state index contributed by atoms with van der Waals surface area (Å²) in [5.74, 6) is -0.330. The number of carbonyl (C=O) groups is 2. The molecule has 0 unspecified atom stereocenters. The fourth-order valence-corrected chi connectivity index (χ4v) is 3.79. The number of carbonyl (C=O) groups excluding carboxylic acids is 2. The van der Waals surface area contributed by atoms with Gasteiger partial charge in [-0.25, -0.2) is 4.79 Å². The quantitative estimate of drug-likeness (QED) is 0.249. The van der Waals surface area contributed by atoms with Crippen LogP contribution in [-0.2, 0) is 19.0 Å². The summed E-state index contributed by atoms with van der Waals surface area (Å²) in [6.45, 7) is 2.20. The number of nitrogens with one attached hydrogen (secondary N) is 1. The highest BCUT2D eigenvalue weighted by molar-refractivity contribution is 7.81. The van der Waals surface area contributed by atoms with E-state index in [1.807, 2.05) is 43.3 Å². The average molecular weight is 500 g/mol. The zero-order valence-electron chi connectivity index (χ0n) is 19.6. The molecule has 1 amide bonds. The lowest BCUT2D eigenvalue weighted by atomic mass is 10.0. The van der Waals surface area contributed by atoms with Crippen LogP contribution in [0, 0.1) is 0 Å². The molecule has 0 radical (unpaired) electrons. The number of anilines is 1. The Bertz CT molecular complexity index is 1150. The number of thiol groups is 1. The van der Waals surface area contributed by atoms with Crippen molar-refractivity contribution in [2.75, 3.05) is 31.4 Å². The molecule has 186 valence electrons. The van der Waals surface area contributed by atoms with E-state index in [1.54, 1.807) is 18.2 Å². The number of fused-ring (bicyclic) bond motifs is 1. The summed E-state index contributed by atoms with van der Waals surface area (Å²) in [4.78, 5) is 24.5. The van der Waals surface area contributed by atoms with E-state index in [0.29, 0.717) is 17.9 Å². The highest BCUT2D eigenvalue weighted by Gasteiger charge is 2.29. The van der Waals surface area contributed by atoms with Gasteiger partial charge in [0, 0.05) is 18.4 Å². The second-order valence-corrected chi connectivity index (χ2v) is 7.89. The van der Waals surface area contributed by atoms with E-state index in [2.05, 4.69) is 17.9 Å². The zero-order valence-corrected chi connectivity index (χ0v) is 20.5. The van der Waals surface area contributed by atoms with Crippen molar-refractivity contribution in [3.8, 4) is 11.5 Å². The molecule has 0 aliphatic rings. The van der Waals surface area contributed by atoms with Gasteiger partial charge in [-0.15, -0.1) is 0 Å². The summed E-state index contributed by atoms with van der Waals surface area (Å²) < 4.78 is 22.0. The second-order valence-electron chi connectivity index (χ2n) is 7.57. The van der Waals surface area contributed by atoms with Crippen molar-refractivity contribution >= 4 is 41.2 Å². The highest BCUT2D eigenvalue weighted by atomic mass is 32.1. The van der Waals surface area contributed by atoms with Gasteiger partial charge < -0.3 is 24.1 Å². The molecule has 2 N–H and O–H groups in total. The van der Waals surface area contributed by atoms with E-state index in [4.69, 9.17) is 18.9 Å². The van der Waals surface area contributed by atoms with E-state index >= 15 is 0 Å². The summed E-state index contributed by atoms with van der Waals surface area (Å²) in [7, 11) is 1.44. The third-order valence-corrected chi connectivity index (χ3v) is 5.56. The van der Waals surface area contributed by atoms with Crippen LogP contribution in [-0.4, -0.2) is 49.3 Å². The van der Waals surface area contributed by atoms with Gasteiger partial charge in [0.15, 0.2) is 17.6 Å². The molecule has 0 aliphatic carbocycles. The smallest absolute Gasteiger partial charge is 0.412 e. The van der Waals surface area contributed by atoms with E-state index in [0.717, 1.165) is 10.8 Å². The van der Waals surface area contributed by atoms with E-state index in [-0.39, 0.29) is 30.3 Å². The van der Waals surface area contributed by atoms with Gasteiger partial charge in [0.1, 0.15) is 6.10 Å². The molecule has 0 bridgehead atoms. The minimum atomic E-state index is -0.906. The third kappa shape index (κ3) is 7.03. The van der Waals surface area contributed by atoms with Gasteiger partial charge in [-0.2, -0.15) is 12.6 Å². The molecule has 0 spiro atoms. The minimum Gasteiger partial charge on any atom is -0.504 e. The fraction of sp³-hybridized carbons (Fsp3) is 0.308. The Labute approximate surface area is 209 Å². The van der Waals surface area contributed by atoms with Gasteiger partial charge in [0.2, 0.25) is 0 Å². The van der Waals surface area contributed by atoms with Gasteiger partial charge in [-0.1, -0.05) is 42.5 Å². The van der Waals surface area contributed by atoms with Crippen molar-refractivity contribution in [3.05, 3.63) is 66.2 Å². The molecule has 9 heteroatoms. The van der Waals surface area contributed by atoms with Crippen LogP contribution in [0.5, 0.6) is 11.5 Å². The topological polar surface area (TPSA) is 103 Å². The summed E-state index contributed by atoms with van der Waals surface area (Å²) >= 11 is 3.90. The van der Waals surface area contributed by atoms with Crippen LogP contribution in [0.4, 0.5) is 10.5 Å². The number of amides is 1. The van der Waals surface area contributed by atoms with Gasteiger partial charge in [-0.3, -0.25) is 10.1 Å². The Balaban J connectivity index is 1.86. The lowest BCUT2D eigenvalue weighted by molar-refractivity contribution is -0.142. The first-order chi connectivity index (χ1) is 17.0. The number of hydrogen-bond acceptors (Lipinski definition) is 8. The average Bonchev–Trinajstić information content (AvgIpc) is 2.87. The Morgan fingerprint density at radius 1 is 1.09 bits per heavy atom. The number of ether oxygens (including phenoxy) is 4. The minimum absolute atomic E-state index is 0.0426. The van der Waals surface area contributed by atoms with Crippen LogP contribution in [0.15, 0.2) is 60.7 Å². The maximum atomic E-state index is 13.0. The summed E-state index contributed by atoms with van der Waals surface area (Å²) in [6, 6.07) is 18.0. The Hall–Kier alpha value is -3.43. The van der Waals surface area contributed by atoms with Crippen molar-refractivity contribution < 1.29 is 33.6 Å². The van der Waals surface area contributed by atoms with Crippen molar-refractivity contribution in [2.24, 2.45) is 0 Å². The van der Waals surface area contributed by atoms with Crippen molar-refractivity contribution in [3.63, 3.8) is 0 Å². The van der Waals surface area contributed by atoms with Gasteiger partial charge in [0.05, 0.1) is 25.2 Å². The first-order valence-corrected chi connectivity index (χ1v) is 11.8. The molecule has 2 atom stereocenters. The number of rotatable bonds is 11. The number of aromatic hydroxyl groups is 1.